The van der Waals surface area contributed by atoms with Gasteiger partial charge < -0.3 is 4.42 Å². The lowest BCUT2D eigenvalue weighted by Gasteiger charge is -2.30. The summed E-state index contributed by atoms with van der Waals surface area (Å²) >= 11 is 0. The molecule has 29 heavy (non-hydrogen) atoms. The third-order valence-electron chi connectivity index (χ3n) is 6.60. The molecule has 0 unspecified atom stereocenters. The van der Waals surface area contributed by atoms with Crippen molar-refractivity contribution >= 4 is 48.4 Å². The van der Waals surface area contributed by atoms with Crippen molar-refractivity contribution in [2.24, 2.45) is 5.92 Å². The first-order valence-electron chi connectivity index (χ1n) is 10.3. The van der Waals surface area contributed by atoms with Crippen LogP contribution in [0.1, 0.15) is 19.4 Å². The van der Waals surface area contributed by atoms with Crippen LogP contribution in [0.15, 0.2) is 77.3 Å². The fourth-order valence-corrected chi connectivity index (χ4v) is 4.03. The summed E-state index contributed by atoms with van der Waals surface area (Å²) in [5.74, 6) is 0.545. The van der Waals surface area contributed by atoms with E-state index in [-0.39, 0.29) is 5.21 Å². The molecule has 0 spiro atoms. The van der Waals surface area contributed by atoms with Crippen molar-refractivity contribution in [2.45, 2.75) is 19.1 Å². The molecule has 3 aromatic carbocycles. The van der Waals surface area contributed by atoms with Crippen molar-refractivity contribution in [3.05, 3.63) is 78.5 Å². The minimum Gasteiger partial charge on any atom is -0.456 e. The maximum absolute atomic E-state index is 6.23. The van der Waals surface area contributed by atoms with Gasteiger partial charge in [-0.1, -0.05) is 66.9 Å². The molecule has 5 aromatic rings. The molecular formula is C25H23B2NO. The number of nitrogens with zero attached hydrogens (tertiary/aromatic N) is 1. The van der Waals surface area contributed by atoms with Gasteiger partial charge in [-0.05, 0) is 41.1 Å². The van der Waals surface area contributed by atoms with Gasteiger partial charge in [0, 0.05) is 22.5 Å². The fourth-order valence-electron chi connectivity index (χ4n) is 4.03. The van der Waals surface area contributed by atoms with Gasteiger partial charge in [-0.25, -0.2) is 0 Å². The van der Waals surface area contributed by atoms with Crippen LogP contribution in [-0.2, 0) is 5.21 Å². The van der Waals surface area contributed by atoms with Crippen LogP contribution in [0.5, 0.6) is 0 Å². The number of hydrogen-bond acceptors (Lipinski definition) is 2. The fraction of sp³-hybridized carbons (Fsp3) is 0.160. The van der Waals surface area contributed by atoms with Gasteiger partial charge in [0.05, 0.1) is 5.69 Å². The van der Waals surface area contributed by atoms with Gasteiger partial charge in [-0.2, -0.15) is 0 Å². The first kappa shape index (κ1) is 18.1. The Labute approximate surface area is 172 Å². The average molecular weight is 375 g/mol. The highest BCUT2D eigenvalue weighted by Crippen LogP contribution is 2.36. The largest absolute Gasteiger partial charge is 0.456 e. The van der Waals surface area contributed by atoms with Crippen molar-refractivity contribution < 1.29 is 4.42 Å². The van der Waals surface area contributed by atoms with Gasteiger partial charge in [-0.3, -0.25) is 4.98 Å². The van der Waals surface area contributed by atoms with Crippen molar-refractivity contribution in [3.63, 3.8) is 0 Å². The molecule has 0 aliphatic rings. The summed E-state index contributed by atoms with van der Waals surface area (Å²) in [6, 6.07) is 23.5. The summed E-state index contributed by atoms with van der Waals surface area (Å²) in [7, 11) is 4.59. The van der Waals surface area contributed by atoms with Crippen LogP contribution in [0.2, 0.25) is 0 Å². The lowest BCUT2D eigenvalue weighted by molar-refractivity contribution is 0.570. The Morgan fingerprint density at radius 1 is 0.862 bits per heavy atom. The second-order valence-corrected chi connectivity index (χ2v) is 8.78. The van der Waals surface area contributed by atoms with Crippen LogP contribution >= 0.6 is 0 Å². The number of furan rings is 1. The van der Waals surface area contributed by atoms with Gasteiger partial charge in [0.25, 0.3) is 0 Å². The molecule has 0 saturated heterocycles. The summed E-state index contributed by atoms with van der Waals surface area (Å²) < 4.78 is 6.23. The third-order valence-corrected chi connectivity index (χ3v) is 6.60. The Bertz CT molecular complexity index is 1370. The van der Waals surface area contributed by atoms with E-state index in [0.717, 1.165) is 27.8 Å². The van der Waals surface area contributed by atoms with Gasteiger partial charge in [-0.15, -0.1) is 0 Å². The van der Waals surface area contributed by atoms with Crippen LogP contribution < -0.4 is 0 Å². The number of benzene rings is 3. The minimum absolute atomic E-state index is 0.0973. The third kappa shape index (κ3) is 2.86. The van der Waals surface area contributed by atoms with E-state index in [2.05, 4.69) is 101 Å². The van der Waals surface area contributed by atoms with Crippen molar-refractivity contribution in [1.29, 1.82) is 0 Å². The minimum atomic E-state index is 0.0973. The van der Waals surface area contributed by atoms with Crippen molar-refractivity contribution in [1.82, 2.24) is 4.98 Å². The van der Waals surface area contributed by atoms with Gasteiger partial charge >= 0.3 is 0 Å². The molecule has 2 heterocycles. The molecule has 2 nitrogen and oxygen atoms in total. The van der Waals surface area contributed by atoms with E-state index in [4.69, 9.17) is 4.42 Å². The first-order valence-corrected chi connectivity index (χ1v) is 10.3. The number of pyridine rings is 1. The highest BCUT2D eigenvalue weighted by molar-refractivity contribution is 6.40. The van der Waals surface area contributed by atoms with Gasteiger partial charge in [0.15, 0.2) is 0 Å². The number of aromatic nitrogens is 1. The molecule has 140 valence electrons. The lowest BCUT2D eigenvalue weighted by Crippen LogP contribution is -2.33. The molecule has 0 fully saturated rings. The Kier molecular flexibility index (Phi) is 4.06. The topological polar surface area (TPSA) is 26.0 Å². The SMILES string of the molecule is BC(B)(c1ccnc(-c2ccc3c(c2)oc2ccc4ccccc4c23)c1)C(C)C. The van der Waals surface area contributed by atoms with E-state index in [9.17, 15) is 0 Å². The molecular weight excluding hydrogens is 352 g/mol. The molecule has 0 radical (unpaired) electrons. The number of fused-ring (bicyclic) bond motifs is 5. The standard InChI is InChI=1S/C25H23B2NO/c1-15(2)25(26,27)18-11-12-28-21(14-18)17-7-9-20-23(13-17)29-22-10-8-16-5-3-4-6-19(16)24(20)22/h3-15H,26-27H2,1-2H3. The van der Waals surface area contributed by atoms with Crippen LogP contribution in [0.4, 0.5) is 0 Å². The Morgan fingerprint density at radius 3 is 2.52 bits per heavy atom. The zero-order valence-corrected chi connectivity index (χ0v) is 17.4. The molecule has 4 heteroatoms. The molecule has 0 aliphatic carbocycles. The maximum atomic E-state index is 6.23. The monoisotopic (exact) mass is 375 g/mol. The van der Waals surface area contributed by atoms with E-state index in [1.54, 1.807) is 0 Å². The highest BCUT2D eigenvalue weighted by Gasteiger charge is 2.25. The Hall–Kier alpha value is -3.00. The summed E-state index contributed by atoms with van der Waals surface area (Å²) in [5.41, 5.74) is 5.22. The second-order valence-electron chi connectivity index (χ2n) is 8.78. The predicted molar refractivity (Wildman–Crippen MR) is 128 cm³/mol. The van der Waals surface area contributed by atoms with Crippen LogP contribution in [-0.4, -0.2) is 20.7 Å². The Morgan fingerprint density at radius 2 is 1.69 bits per heavy atom. The Balaban J connectivity index is 1.68. The molecule has 0 atom stereocenters. The second kappa shape index (κ2) is 6.52. The zero-order valence-electron chi connectivity index (χ0n) is 17.4. The van der Waals surface area contributed by atoms with Gasteiger partial charge in [0.2, 0.25) is 0 Å². The summed E-state index contributed by atoms with van der Waals surface area (Å²) in [4.78, 5) is 4.65. The molecule has 0 bridgehead atoms. The summed E-state index contributed by atoms with van der Waals surface area (Å²) in [6.45, 7) is 4.54. The average Bonchev–Trinajstić information content (AvgIpc) is 3.12. The molecule has 0 aliphatic heterocycles. The van der Waals surface area contributed by atoms with Crippen molar-refractivity contribution in [3.8, 4) is 11.3 Å². The predicted octanol–water partition coefficient (Wildman–Crippen LogP) is 4.88. The smallest absolute Gasteiger partial charge is 0.136 e. The molecule has 2 aromatic heterocycles. The van der Waals surface area contributed by atoms with E-state index in [0.29, 0.717) is 5.92 Å². The lowest BCUT2D eigenvalue weighted by atomic mass is 9.46. The molecule has 0 N–H and O–H groups in total. The van der Waals surface area contributed by atoms with Gasteiger partial charge in [0.1, 0.15) is 26.9 Å². The zero-order chi connectivity index (χ0) is 20.2. The number of rotatable bonds is 3. The molecule has 5 rings (SSSR count). The van der Waals surface area contributed by atoms with Crippen LogP contribution in [0, 0.1) is 5.92 Å². The van der Waals surface area contributed by atoms with Crippen LogP contribution in [0.3, 0.4) is 0 Å². The number of hydrogen-bond donors (Lipinski definition) is 0. The normalized spacial score (nSPS) is 12.4. The van der Waals surface area contributed by atoms with E-state index >= 15 is 0 Å². The molecule has 0 amide bonds. The summed E-state index contributed by atoms with van der Waals surface area (Å²) in [5, 5.41) is 4.90. The van der Waals surface area contributed by atoms with E-state index in [1.165, 1.54) is 21.7 Å². The van der Waals surface area contributed by atoms with E-state index in [1.807, 2.05) is 6.20 Å². The maximum Gasteiger partial charge on any atom is 0.136 e. The molecule has 0 saturated carbocycles. The van der Waals surface area contributed by atoms with E-state index < -0.39 is 0 Å². The highest BCUT2D eigenvalue weighted by atomic mass is 16.3. The summed E-state index contributed by atoms with van der Waals surface area (Å²) in [6.07, 6.45) is 1.92. The first-order chi connectivity index (χ1) is 13.9. The quantitative estimate of drug-likeness (QED) is 0.421. The van der Waals surface area contributed by atoms with Crippen LogP contribution in [0.25, 0.3) is 44.0 Å². The van der Waals surface area contributed by atoms with Crippen molar-refractivity contribution in [2.75, 3.05) is 0 Å².